The predicted octanol–water partition coefficient (Wildman–Crippen LogP) is 5.10. The monoisotopic (exact) mass is 485 g/mol. The molecule has 0 saturated carbocycles. The van der Waals surface area contributed by atoms with Crippen LogP contribution in [0.3, 0.4) is 0 Å². The van der Waals surface area contributed by atoms with Crippen LogP contribution in [0.5, 0.6) is 5.75 Å². The normalized spacial score (nSPS) is 16.8. The Morgan fingerprint density at radius 3 is 2.67 bits per heavy atom. The van der Waals surface area contributed by atoms with Crippen molar-refractivity contribution in [3.63, 3.8) is 0 Å². The molecule has 1 atom stereocenters. The topological polar surface area (TPSA) is 64.4 Å². The molecule has 1 fully saturated rings. The molecule has 0 spiro atoms. The second-order valence-electron chi connectivity index (χ2n) is 8.40. The van der Waals surface area contributed by atoms with Gasteiger partial charge in [0.25, 0.3) is 10.0 Å². The van der Waals surface area contributed by atoms with Gasteiger partial charge >= 0.3 is 0 Å². The summed E-state index contributed by atoms with van der Waals surface area (Å²) in [4.78, 5) is 2.67. The molecule has 2 heterocycles. The van der Waals surface area contributed by atoms with E-state index in [0.717, 1.165) is 52.1 Å². The molecule has 0 N–H and O–H groups in total. The van der Waals surface area contributed by atoms with Crippen LogP contribution >= 0.6 is 12.4 Å². The molecule has 4 aromatic rings. The Bertz CT molecular complexity index is 1370. The molecule has 6 nitrogen and oxygen atoms in total. The Kier molecular flexibility index (Phi) is 6.93. The van der Waals surface area contributed by atoms with E-state index in [0.29, 0.717) is 5.52 Å². The van der Waals surface area contributed by atoms with Crippen molar-refractivity contribution in [3.05, 3.63) is 66.9 Å². The number of benzene rings is 3. The number of hydrogen-bond acceptors (Lipinski definition) is 5. The van der Waals surface area contributed by atoms with Gasteiger partial charge in [-0.15, -0.1) is 12.4 Å². The lowest BCUT2D eigenvalue weighted by Crippen LogP contribution is -2.25. The largest absolute Gasteiger partial charge is 0.489 e. The Morgan fingerprint density at radius 1 is 1.03 bits per heavy atom. The molecule has 33 heavy (non-hydrogen) atoms. The first-order valence-corrected chi connectivity index (χ1v) is 12.6. The second kappa shape index (κ2) is 9.71. The molecule has 3 aromatic carbocycles. The van der Waals surface area contributed by atoms with E-state index in [-0.39, 0.29) is 23.4 Å². The highest BCUT2D eigenvalue weighted by Gasteiger charge is 2.24. The Balaban J connectivity index is 0.00000259. The Morgan fingerprint density at radius 2 is 1.85 bits per heavy atom. The van der Waals surface area contributed by atoms with Crippen LogP contribution in [0, 0.1) is 0 Å². The van der Waals surface area contributed by atoms with E-state index in [1.54, 1.807) is 24.4 Å². The van der Waals surface area contributed by atoms with Crippen LogP contribution in [0.1, 0.15) is 26.2 Å². The molecule has 1 aromatic heterocycles. The van der Waals surface area contributed by atoms with Gasteiger partial charge in [-0.25, -0.2) is 0 Å². The van der Waals surface area contributed by atoms with Crippen LogP contribution < -0.4 is 4.74 Å². The quantitative estimate of drug-likeness (QED) is 0.364. The van der Waals surface area contributed by atoms with Gasteiger partial charge in [0.2, 0.25) is 0 Å². The summed E-state index contributed by atoms with van der Waals surface area (Å²) in [6, 6.07) is 18.4. The zero-order valence-corrected chi connectivity index (χ0v) is 20.2. The predicted molar refractivity (Wildman–Crippen MR) is 134 cm³/mol. The van der Waals surface area contributed by atoms with Crippen molar-refractivity contribution in [2.75, 3.05) is 19.6 Å². The molecule has 1 saturated heterocycles. The SMILES string of the molecule is CCCCN1CCC(Oc2ccc3c(cnn3S(=O)(=O)c3ccc4ccccc4c3)c2)C1.Cl. The highest BCUT2D eigenvalue weighted by Crippen LogP contribution is 2.27. The number of nitrogens with zero attached hydrogens (tertiary/aromatic N) is 3. The number of unbranched alkanes of at least 4 members (excludes halogenated alkanes) is 1. The third kappa shape index (κ3) is 4.71. The highest BCUT2D eigenvalue weighted by molar-refractivity contribution is 7.90. The molecule has 8 heteroatoms. The van der Waals surface area contributed by atoms with Gasteiger partial charge in [-0.3, -0.25) is 4.90 Å². The van der Waals surface area contributed by atoms with Crippen LogP contribution in [0.25, 0.3) is 21.7 Å². The van der Waals surface area contributed by atoms with Crippen LogP contribution in [0.2, 0.25) is 0 Å². The fourth-order valence-electron chi connectivity index (χ4n) is 4.35. The molecule has 5 rings (SSSR count). The summed E-state index contributed by atoms with van der Waals surface area (Å²) in [5, 5.41) is 6.83. The zero-order valence-electron chi connectivity index (χ0n) is 18.6. The van der Waals surface area contributed by atoms with Crippen molar-refractivity contribution in [1.29, 1.82) is 0 Å². The summed E-state index contributed by atoms with van der Waals surface area (Å²) < 4.78 is 33.9. The molecule has 0 bridgehead atoms. The fourth-order valence-corrected chi connectivity index (χ4v) is 5.66. The van der Waals surface area contributed by atoms with E-state index in [1.165, 1.54) is 12.8 Å². The first kappa shape index (κ1) is 23.5. The van der Waals surface area contributed by atoms with E-state index in [4.69, 9.17) is 4.74 Å². The number of likely N-dealkylation sites (tertiary alicyclic amines) is 1. The number of fused-ring (bicyclic) bond motifs is 2. The molecule has 0 aliphatic carbocycles. The lowest BCUT2D eigenvalue weighted by atomic mass is 10.1. The van der Waals surface area contributed by atoms with E-state index in [1.807, 2.05) is 42.5 Å². The molecule has 1 aliphatic heterocycles. The average Bonchev–Trinajstić information content (AvgIpc) is 3.44. The highest BCUT2D eigenvalue weighted by atomic mass is 35.5. The molecule has 0 amide bonds. The molecule has 1 unspecified atom stereocenters. The van der Waals surface area contributed by atoms with Crippen LogP contribution in [-0.4, -0.2) is 48.2 Å². The number of aromatic nitrogens is 2. The first-order chi connectivity index (χ1) is 15.5. The number of hydrogen-bond donors (Lipinski definition) is 0. The summed E-state index contributed by atoms with van der Waals surface area (Å²) >= 11 is 0. The van der Waals surface area contributed by atoms with Gasteiger partial charge < -0.3 is 4.74 Å². The lowest BCUT2D eigenvalue weighted by molar-refractivity contribution is 0.200. The van der Waals surface area contributed by atoms with Crippen molar-refractivity contribution in [2.45, 2.75) is 37.2 Å². The summed E-state index contributed by atoms with van der Waals surface area (Å²) in [6.07, 6.45) is 5.18. The smallest absolute Gasteiger partial charge is 0.283 e. The molecule has 1 aliphatic rings. The van der Waals surface area contributed by atoms with Crippen LogP contribution in [-0.2, 0) is 10.0 Å². The molecule has 174 valence electrons. The van der Waals surface area contributed by atoms with Gasteiger partial charge in [0.15, 0.2) is 0 Å². The summed E-state index contributed by atoms with van der Waals surface area (Å²) in [6.45, 7) is 5.33. The van der Waals surface area contributed by atoms with E-state index >= 15 is 0 Å². The Labute approximate surface area is 200 Å². The van der Waals surface area contributed by atoms with Crippen molar-refractivity contribution >= 4 is 44.1 Å². The standard InChI is InChI=1S/C25H27N3O3S.ClH/c1-2-3-13-27-14-12-23(18-27)31-22-9-11-25-21(15-22)17-26-28(25)32(29,30)24-10-8-19-6-4-5-7-20(19)16-24;/h4-11,15-17,23H,2-3,12-14,18H2,1H3;1H. The maximum absolute atomic E-state index is 13.3. The summed E-state index contributed by atoms with van der Waals surface area (Å²) in [7, 11) is -3.81. The van der Waals surface area contributed by atoms with Crippen molar-refractivity contribution in [1.82, 2.24) is 14.1 Å². The van der Waals surface area contributed by atoms with E-state index in [2.05, 4.69) is 16.9 Å². The van der Waals surface area contributed by atoms with Crippen molar-refractivity contribution < 1.29 is 13.2 Å². The van der Waals surface area contributed by atoms with Gasteiger partial charge in [0, 0.05) is 18.5 Å². The zero-order chi connectivity index (χ0) is 22.1. The maximum Gasteiger partial charge on any atom is 0.283 e. The van der Waals surface area contributed by atoms with Crippen LogP contribution in [0.4, 0.5) is 0 Å². The molecular formula is C25H28ClN3O3S. The second-order valence-corrected chi connectivity index (χ2v) is 10.2. The van der Waals surface area contributed by atoms with Gasteiger partial charge in [0.1, 0.15) is 11.9 Å². The minimum Gasteiger partial charge on any atom is -0.489 e. The summed E-state index contributed by atoms with van der Waals surface area (Å²) in [5.41, 5.74) is 0.543. The third-order valence-electron chi connectivity index (χ3n) is 6.11. The molecule has 0 radical (unpaired) electrons. The lowest BCUT2D eigenvalue weighted by Gasteiger charge is -2.16. The third-order valence-corrected chi connectivity index (χ3v) is 7.71. The minimum atomic E-state index is -3.81. The maximum atomic E-state index is 13.3. The van der Waals surface area contributed by atoms with Crippen molar-refractivity contribution in [3.8, 4) is 5.75 Å². The van der Waals surface area contributed by atoms with E-state index < -0.39 is 10.0 Å². The van der Waals surface area contributed by atoms with Gasteiger partial charge in [-0.05, 0) is 60.5 Å². The van der Waals surface area contributed by atoms with Crippen LogP contribution in [0.15, 0.2) is 71.8 Å². The fraction of sp³-hybridized carbons (Fsp3) is 0.320. The van der Waals surface area contributed by atoms with Gasteiger partial charge in [-0.1, -0.05) is 43.7 Å². The number of rotatable bonds is 7. The van der Waals surface area contributed by atoms with Gasteiger partial charge in [0.05, 0.1) is 16.6 Å². The first-order valence-electron chi connectivity index (χ1n) is 11.2. The minimum absolute atomic E-state index is 0. The average molecular weight is 486 g/mol. The number of halogens is 1. The number of ether oxygens (including phenoxy) is 1. The summed E-state index contributed by atoms with van der Waals surface area (Å²) in [5.74, 6) is 0.752. The molecular weight excluding hydrogens is 458 g/mol. The van der Waals surface area contributed by atoms with Crippen molar-refractivity contribution in [2.24, 2.45) is 0 Å². The Hall–Kier alpha value is -2.61. The van der Waals surface area contributed by atoms with E-state index in [9.17, 15) is 8.42 Å². The van der Waals surface area contributed by atoms with Gasteiger partial charge in [-0.2, -0.15) is 17.6 Å².